The van der Waals surface area contributed by atoms with Crippen molar-refractivity contribution in [3.05, 3.63) is 77.4 Å². The summed E-state index contributed by atoms with van der Waals surface area (Å²) in [6, 6.07) is 18.1. The van der Waals surface area contributed by atoms with Gasteiger partial charge in [-0.25, -0.2) is 0 Å². The normalized spacial score (nSPS) is 10.3. The molecule has 0 aliphatic rings. The van der Waals surface area contributed by atoms with E-state index in [0.29, 0.717) is 22.0 Å². The maximum Gasteiger partial charge on any atom is 0.257 e. The molecule has 1 amide bonds. The number of rotatable bonds is 3. The SMILES string of the molecule is Nc1ccc(Cl)c(C(=O)Nc2ccnc(-c3ccccc3)c2)c1. The fraction of sp³-hybridized carbons (Fsp3) is 0. The molecule has 1 aromatic heterocycles. The first-order chi connectivity index (χ1) is 11.1. The number of anilines is 2. The van der Waals surface area contributed by atoms with Crippen molar-refractivity contribution in [3.8, 4) is 11.3 Å². The van der Waals surface area contributed by atoms with Gasteiger partial charge in [-0.05, 0) is 30.3 Å². The molecule has 3 N–H and O–H groups in total. The van der Waals surface area contributed by atoms with Crippen LogP contribution in [0.25, 0.3) is 11.3 Å². The van der Waals surface area contributed by atoms with Crippen LogP contribution in [0.4, 0.5) is 11.4 Å². The van der Waals surface area contributed by atoms with Crippen molar-refractivity contribution in [2.24, 2.45) is 0 Å². The third-order valence-corrected chi connectivity index (χ3v) is 3.65. The molecule has 2 aromatic carbocycles. The van der Waals surface area contributed by atoms with E-state index >= 15 is 0 Å². The molecule has 0 saturated carbocycles. The number of aromatic nitrogens is 1. The standard InChI is InChI=1S/C18H14ClN3O/c19-16-7-6-13(20)10-15(16)18(23)22-14-8-9-21-17(11-14)12-4-2-1-3-5-12/h1-11H,20H2,(H,21,22,23). The summed E-state index contributed by atoms with van der Waals surface area (Å²) in [6.45, 7) is 0. The molecule has 3 aromatic rings. The summed E-state index contributed by atoms with van der Waals surface area (Å²) in [5.74, 6) is -0.312. The lowest BCUT2D eigenvalue weighted by molar-refractivity contribution is 0.102. The first-order valence-corrected chi connectivity index (χ1v) is 7.39. The largest absolute Gasteiger partial charge is 0.399 e. The molecular weight excluding hydrogens is 310 g/mol. The second kappa shape index (κ2) is 6.50. The Morgan fingerprint density at radius 1 is 1.04 bits per heavy atom. The van der Waals surface area contributed by atoms with Crippen molar-refractivity contribution in [3.63, 3.8) is 0 Å². The summed E-state index contributed by atoms with van der Waals surface area (Å²) in [7, 11) is 0. The average molecular weight is 324 g/mol. The van der Waals surface area contributed by atoms with Gasteiger partial charge in [-0.15, -0.1) is 0 Å². The molecule has 23 heavy (non-hydrogen) atoms. The lowest BCUT2D eigenvalue weighted by Crippen LogP contribution is -2.13. The molecule has 0 aliphatic carbocycles. The Hall–Kier alpha value is -2.85. The Morgan fingerprint density at radius 3 is 2.61 bits per heavy atom. The Kier molecular flexibility index (Phi) is 4.26. The van der Waals surface area contributed by atoms with Gasteiger partial charge in [0, 0.05) is 23.1 Å². The van der Waals surface area contributed by atoms with E-state index in [-0.39, 0.29) is 5.91 Å². The summed E-state index contributed by atoms with van der Waals surface area (Å²) in [5, 5.41) is 3.17. The Morgan fingerprint density at radius 2 is 1.83 bits per heavy atom. The zero-order valence-electron chi connectivity index (χ0n) is 12.2. The lowest BCUT2D eigenvalue weighted by Gasteiger charge is -2.09. The monoisotopic (exact) mass is 323 g/mol. The number of benzene rings is 2. The number of carbonyl (C=O) groups excluding carboxylic acids is 1. The fourth-order valence-electron chi connectivity index (χ4n) is 2.19. The molecule has 0 unspecified atom stereocenters. The molecule has 0 atom stereocenters. The summed E-state index contributed by atoms with van der Waals surface area (Å²) in [4.78, 5) is 16.7. The molecule has 114 valence electrons. The molecule has 0 spiro atoms. The van der Waals surface area contributed by atoms with Gasteiger partial charge in [0.15, 0.2) is 0 Å². The number of amides is 1. The number of nitrogens with one attached hydrogen (secondary N) is 1. The van der Waals surface area contributed by atoms with Gasteiger partial charge in [0.25, 0.3) is 5.91 Å². The minimum atomic E-state index is -0.312. The van der Waals surface area contributed by atoms with Crippen molar-refractivity contribution in [2.75, 3.05) is 11.1 Å². The molecular formula is C18H14ClN3O. The molecule has 0 aliphatic heterocycles. The Labute approximate surface area is 138 Å². The van der Waals surface area contributed by atoms with Gasteiger partial charge in [0.05, 0.1) is 16.3 Å². The van der Waals surface area contributed by atoms with Crippen LogP contribution in [0.1, 0.15) is 10.4 Å². The number of nitrogens with zero attached hydrogens (tertiary/aromatic N) is 1. The number of pyridine rings is 1. The third kappa shape index (κ3) is 3.49. The van der Waals surface area contributed by atoms with Crippen LogP contribution in [-0.4, -0.2) is 10.9 Å². The van der Waals surface area contributed by atoms with Crippen LogP contribution in [0.15, 0.2) is 66.9 Å². The Bertz CT molecular complexity index is 850. The van der Waals surface area contributed by atoms with Gasteiger partial charge in [0.2, 0.25) is 0 Å². The van der Waals surface area contributed by atoms with Crippen molar-refractivity contribution in [1.29, 1.82) is 0 Å². The predicted molar refractivity (Wildman–Crippen MR) is 93.5 cm³/mol. The number of hydrogen-bond donors (Lipinski definition) is 2. The van der Waals surface area contributed by atoms with E-state index in [0.717, 1.165) is 11.3 Å². The molecule has 4 nitrogen and oxygen atoms in total. The molecule has 1 heterocycles. The zero-order chi connectivity index (χ0) is 16.2. The minimum Gasteiger partial charge on any atom is -0.399 e. The van der Waals surface area contributed by atoms with E-state index in [2.05, 4.69) is 10.3 Å². The smallest absolute Gasteiger partial charge is 0.257 e. The maximum atomic E-state index is 12.4. The van der Waals surface area contributed by atoms with Gasteiger partial charge >= 0.3 is 0 Å². The topological polar surface area (TPSA) is 68.0 Å². The molecule has 3 rings (SSSR count). The molecule has 0 bridgehead atoms. The average Bonchev–Trinajstić information content (AvgIpc) is 2.58. The first-order valence-electron chi connectivity index (χ1n) is 7.01. The van der Waals surface area contributed by atoms with Gasteiger partial charge < -0.3 is 11.1 Å². The predicted octanol–water partition coefficient (Wildman–Crippen LogP) is 4.24. The van der Waals surface area contributed by atoms with E-state index in [1.165, 1.54) is 0 Å². The van der Waals surface area contributed by atoms with Crippen LogP contribution in [0.5, 0.6) is 0 Å². The molecule has 0 radical (unpaired) electrons. The van der Waals surface area contributed by atoms with Gasteiger partial charge in [0.1, 0.15) is 0 Å². The van der Waals surface area contributed by atoms with Crippen molar-refractivity contribution < 1.29 is 4.79 Å². The van der Waals surface area contributed by atoms with Crippen LogP contribution in [0, 0.1) is 0 Å². The quantitative estimate of drug-likeness (QED) is 0.708. The zero-order valence-corrected chi connectivity index (χ0v) is 12.9. The van der Waals surface area contributed by atoms with E-state index < -0.39 is 0 Å². The molecule has 0 fully saturated rings. The van der Waals surface area contributed by atoms with E-state index in [4.69, 9.17) is 17.3 Å². The van der Waals surface area contributed by atoms with Gasteiger partial charge in [-0.2, -0.15) is 0 Å². The summed E-state index contributed by atoms with van der Waals surface area (Å²) < 4.78 is 0. The van der Waals surface area contributed by atoms with Crippen LogP contribution < -0.4 is 11.1 Å². The second-order valence-corrected chi connectivity index (χ2v) is 5.40. The summed E-state index contributed by atoms with van der Waals surface area (Å²) in [5.41, 5.74) is 8.93. The van der Waals surface area contributed by atoms with Crippen molar-refractivity contribution in [2.45, 2.75) is 0 Å². The highest BCUT2D eigenvalue weighted by molar-refractivity contribution is 6.34. The van der Waals surface area contributed by atoms with Crippen LogP contribution >= 0.6 is 11.6 Å². The molecule has 5 heteroatoms. The number of carbonyl (C=O) groups is 1. The highest BCUT2D eigenvalue weighted by atomic mass is 35.5. The van der Waals surface area contributed by atoms with Crippen LogP contribution in [-0.2, 0) is 0 Å². The van der Waals surface area contributed by atoms with E-state index in [9.17, 15) is 4.79 Å². The van der Waals surface area contributed by atoms with Crippen molar-refractivity contribution in [1.82, 2.24) is 4.98 Å². The van der Waals surface area contributed by atoms with E-state index in [1.807, 2.05) is 36.4 Å². The fourth-order valence-corrected chi connectivity index (χ4v) is 2.39. The first kappa shape index (κ1) is 15.1. The number of hydrogen-bond acceptors (Lipinski definition) is 3. The summed E-state index contributed by atoms with van der Waals surface area (Å²) in [6.07, 6.45) is 1.65. The highest BCUT2D eigenvalue weighted by Crippen LogP contribution is 2.22. The van der Waals surface area contributed by atoms with Crippen LogP contribution in [0.2, 0.25) is 5.02 Å². The second-order valence-electron chi connectivity index (χ2n) is 4.99. The third-order valence-electron chi connectivity index (χ3n) is 3.32. The van der Waals surface area contributed by atoms with E-state index in [1.54, 1.807) is 30.5 Å². The van der Waals surface area contributed by atoms with Gasteiger partial charge in [-0.1, -0.05) is 41.9 Å². The minimum absolute atomic E-state index is 0.312. The summed E-state index contributed by atoms with van der Waals surface area (Å²) >= 11 is 6.06. The maximum absolute atomic E-state index is 12.4. The van der Waals surface area contributed by atoms with Gasteiger partial charge in [-0.3, -0.25) is 9.78 Å². The van der Waals surface area contributed by atoms with Crippen molar-refractivity contribution >= 4 is 28.9 Å². The highest BCUT2D eigenvalue weighted by Gasteiger charge is 2.11. The lowest BCUT2D eigenvalue weighted by atomic mass is 10.1. The number of halogens is 1. The molecule has 0 saturated heterocycles. The number of nitrogens with two attached hydrogens (primary N) is 1. The number of nitrogen functional groups attached to an aromatic ring is 1. The van der Waals surface area contributed by atoms with Crippen LogP contribution in [0.3, 0.4) is 0 Å². The Balaban J connectivity index is 1.86.